The van der Waals surface area contributed by atoms with Crippen LogP contribution in [0.3, 0.4) is 0 Å². The summed E-state index contributed by atoms with van der Waals surface area (Å²) in [5.74, 6) is 0.617. The van der Waals surface area contributed by atoms with Gasteiger partial charge in [-0.1, -0.05) is 13.3 Å². The molecule has 3 nitrogen and oxygen atoms in total. The Bertz CT molecular complexity index is 103. The Kier molecular flexibility index (Phi) is 10.9. The number of nitrogens with one attached hydrogen (secondary N) is 1. The molecule has 0 saturated carbocycles. The minimum absolute atomic E-state index is 0.303. The number of rotatable bonds is 10. The third-order valence-corrected chi connectivity index (χ3v) is 2.29. The molecule has 0 radical (unpaired) electrons. The van der Waals surface area contributed by atoms with Crippen molar-refractivity contribution in [1.82, 2.24) is 5.32 Å². The fraction of sp³-hybridized carbons (Fsp3) is 1.00. The Hall–Kier alpha value is -0.120. The lowest BCUT2D eigenvalue weighted by Crippen LogP contribution is -2.27. The van der Waals surface area contributed by atoms with Crippen LogP contribution in [0.2, 0.25) is 0 Å². The van der Waals surface area contributed by atoms with E-state index in [2.05, 4.69) is 12.2 Å². The third kappa shape index (κ3) is 8.48. The lowest BCUT2D eigenvalue weighted by atomic mass is 10.0. The minimum atomic E-state index is 0.303. The summed E-state index contributed by atoms with van der Waals surface area (Å²) in [6.45, 7) is 7.99. The van der Waals surface area contributed by atoms with Gasteiger partial charge in [-0.3, -0.25) is 0 Å². The van der Waals surface area contributed by atoms with Gasteiger partial charge in [0.15, 0.2) is 0 Å². The highest BCUT2D eigenvalue weighted by molar-refractivity contribution is 4.61. The van der Waals surface area contributed by atoms with Crippen molar-refractivity contribution in [2.45, 2.75) is 33.1 Å². The number of hydrogen-bond donors (Lipinski definition) is 2. The van der Waals surface area contributed by atoms with Crippen molar-refractivity contribution in [2.75, 3.05) is 32.9 Å². The van der Waals surface area contributed by atoms with E-state index in [9.17, 15) is 0 Å². The molecule has 1 unspecified atom stereocenters. The predicted octanol–water partition coefficient (Wildman–Crippen LogP) is 1.41. The van der Waals surface area contributed by atoms with E-state index in [1.807, 2.05) is 6.92 Å². The van der Waals surface area contributed by atoms with Gasteiger partial charge in [0, 0.05) is 19.8 Å². The van der Waals surface area contributed by atoms with Crippen LogP contribution in [0.5, 0.6) is 0 Å². The maximum Gasteiger partial charge on any atom is 0.0590 e. The smallest absolute Gasteiger partial charge is 0.0590 e. The molecule has 0 fully saturated rings. The molecule has 0 rings (SSSR count). The van der Waals surface area contributed by atoms with Crippen molar-refractivity contribution in [1.29, 1.82) is 0 Å². The second-order valence-corrected chi connectivity index (χ2v) is 3.57. The molecule has 0 aliphatic carbocycles. The summed E-state index contributed by atoms with van der Waals surface area (Å²) < 4.78 is 5.22. The van der Waals surface area contributed by atoms with Gasteiger partial charge in [-0.05, 0) is 32.2 Å². The average molecular weight is 203 g/mol. The van der Waals surface area contributed by atoms with Crippen LogP contribution in [-0.2, 0) is 4.74 Å². The lowest BCUT2D eigenvalue weighted by Gasteiger charge is -2.15. The van der Waals surface area contributed by atoms with Crippen LogP contribution in [-0.4, -0.2) is 38.0 Å². The topological polar surface area (TPSA) is 41.5 Å². The van der Waals surface area contributed by atoms with E-state index in [-0.39, 0.29) is 0 Å². The summed E-state index contributed by atoms with van der Waals surface area (Å²) in [5.41, 5.74) is 0. The van der Waals surface area contributed by atoms with Gasteiger partial charge in [-0.25, -0.2) is 0 Å². The zero-order valence-corrected chi connectivity index (χ0v) is 9.59. The molecule has 0 bridgehead atoms. The highest BCUT2D eigenvalue weighted by Gasteiger charge is 2.05. The average Bonchev–Trinajstić information content (AvgIpc) is 2.18. The minimum Gasteiger partial charge on any atom is -0.396 e. The zero-order valence-electron chi connectivity index (χ0n) is 9.59. The number of aliphatic hydroxyl groups excluding tert-OH is 1. The van der Waals surface area contributed by atoms with Crippen LogP contribution >= 0.6 is 0 Å². The number of hydrogen-bond acceptors (Lipinski definition) is 3. The maximum atomic E-state index is 8.85. The summed E-state index contributed by atoms with van der Waals surface area (Å²) in [6, 6.07) is 0. The number of aliphatic hydroxyl groups is 1. The van der Waals surface area contributed by atoms with Crippen molar-refractivity contribution in [3.63, 3.8) is 0 Å². The molecule has 86 valence electrons. The highest BCUT2D eigenvalue weighted by atomic mass is 16.5. The molecule has 0 spiro atoms. The summed E-state index contributed by atoms with van der Waals surface area (Å²) in [6.07, 6.45) is 3.30. The molecule has 14 heavy (non-hydrogen) atoms. The summed E-state index contributed by atoms with van der Waals surface area (Å²) >= 11 is 0. The van der Waals surface area contributed by atoms with E-state index in [1.54, 1.807) is 0 Å². The first kappa shape index (κ1) is 13.9. The van der Waals surface area contributed by atoms with Gasteiger partial charge < -0.3 is 15.2 Å². The second-order valence-electron chi connectivity index (χ2n) is 3.57. The molecule has 0 aromatic carbocycles. The van der Waals surface area contributed by atoms with E-state index in [4.69, 9.17) is 9.84 Å². The quantitative estimate of drug-likeness (QED) is 0.528. The molecule has 0 aromatic rings. The van der Waals surface area contributed by atoms with Crippen LogP contribution in [0.1, 0.15) is 33.1 Å². The van der Waals surface area contributed by atoms with Gasteiger partial charge in [0.1, 0.15) is 0 Å². The van der Waals surface area contributed by atoms with Crippen LogP contribution in [0.15, 0.2) is 0 Å². The van der Waals surface area contributed by atoms with Crippen molar-refractivity contribution in [3.8, 4) is 0 Å². The van der Waals surface area contributed by atoms with Crippen molar-refractivity contribution >= 4 is 0 Å². The van der Waals surface area contributed by atoms with Gasteiger partial charge in [-0.15, -0.1) is 0 Å². The standard InChI is InChI=1S/C11H25NO2/c1-3-5-11(6-8-13)10-12-7-9-14-4-2/h11-13H,3-10H2,1-2H3. The fourth-order valence-electron chi connectivity index (χ4n) is 1.53. The molecular weight excluding hydrogens is 178 g/mol. The van der Waals surface area contributed by atoms with Gasteiger partial charge in [0.25, 0.3) is 0 Å². The predicted molar refractivity (Wildman–Crippen MR) is 59.5 cm³/mol. The fourth-order valence-corrected chi connectivity index (χ4v) is 1.53. The monoisotopic (exact) mass is 203 g/mol. The van der Waals surface area contributed by atoms with E-state index < -0.39 is 0 Å². The van der Waals surface area contributed by atoms with Crippen LogP contribution in [0.25, 0.3) is 0 Å². The van der Waals surface area contributed by atoms with Crippen molar-refractivity contribution in [3.05, 3.63) is 0 Å². The molecule has 0 amide bonds. The normalized spacial score (nSPS) is 13.1. The van der Waals surface area contributed by atoms with E-state index in [0.29, 0.717) is 12.5 Å². The Labute approximate surface area is 87.8 Å². The Morgan fingerprint density at radius 1 is 1.29 bits per heavy atom. The largest absolute Gasteiger partial charge is 0.396 e. The first-order valence-corrected chi connectivity index (χ1v) is 5.74. The molecule has 1 atom stereocenters. The Morgan fingerprint density at radius 2 is 2.07 bits per heavy atom. The molecule has 0 aliphatic heterocycles. The van der Waals surface area contributed by atoms with E-state index in [1.165, 1.54) is 12.8 Å². The molecular formula is C11H25NO2. The summed E-state index contributed by atoms with van der Waals surface area (Å²) in [7, 11) is 0. The molecule has 0 aromatic heterocycles. The van der Waals surface area contributed by atoms with Gasteiger partial charge in [-0.2, -0.15) is 0 Å². The zero-order chi connectivity index (χ0) is 10.6. The Morgan fingerprint density at radius 3 is 2.64 bits per heavy atom. The third-order valence-electron chi connectivity index (χ3n) is 2.29. The van der Waals surface area contributed by atoms with Crippen LogP contribution in [0, 0.1) is 5.92 Å². The first-order valence-electron chi connectivity index (χ1n) is 5.74. The molecule has 0 saturated heterocycles. The van der Waals surface area contributed by atoms with E-state index >= 15 is 0 Å². The van der Waals surface area contributed by atoms with Gasteiger partial charge >= 0.3 is 0 Å². The summed E-state index contributed by atoms with van der Waals surface area (Å²) in [4.78, 5) is 0. The maximum absolute atomic E-state index is 8.85. The van der Waals surface area contributed by atoms with Gasteiger partial charge in [0.2, 0.25) is 0 Å². The molecule has 2 N–H and O–H groups in total. The number of ether oxygens (including phenoxy) is 1. The Balaban J connectivity index is 3.30. The molecule has 0 heterocycles. The van der Waals surface area contributed by atoms with E-state index in [0.717, 1.165) is 32.7 Å². The first-order chi connectivity index (χ1) is 6.85. The summed E-state index contributed by atoms with van der Waals surface area (Å²) in [5, 5.41) is 12.2. The van der Waals surface area contributed by atoms with Crippen molar-refractivity contribution < 1.29 is 9.84 Å². The second kappa shape index (κ2) is 11.0. The van der Waals surface area contributed by atoms with Crippen molar-refractivity contribution in [2.24, 2.45) is 5.92 Å². The molecule has 0 aliphatic rings. The highest BCUT2D eigenvalue weighted by Crippen LogP contribution is 2.08. The molecule has 3 heteroatoms. The van der Waals surface area contributed by atoms with Crippen LogP contribution < -0.4 is 5.32 Å². The van der Waals surface area contributed by atoms with Crippen LogP contribution in [0.4, 0.5) is 0 Å². The SMILES string of the molecule is CCCC(CCO)CNCCOCC. The van der Waals surface area contributed by atoms with Gasteiger partial charge in [0.05, 0.1) is 6.61 Å². The lowest BCUT2D eigenvalue weighted by molar-refractivity contribution is 0.147.